The molecular formula is C76H70BN3. The summed E-state index contributed by atoms with van der Waals surface area (Å²) in [4.78, 5) is 8.10. The first-order chi connectivity index (χ1) is 38.7. The lowest BCUT2D eigenvalue weighted by Gasteiger charge is -2.55. The minimum Gasteiger partial charge on any atom is -0.334 e. The first-order valence-electron chi connectivity index (χ1n) is 29.1. The highest BCUT2D eigenvalue weighted by atomic mass is 15.3. The minimum atomic E-state index is -0.232. The predicted molar refractivity (Wildman–Crippen MR) is 342 cm³/mol. The highest BCUT2D eigenvalue weighted by Crippen LogP contribution is 2.64. The molecule has 1 saturated carbocycles. The van der Waals surface area contributed by atoms with Crippen molar-refractivity contribution in [2.45, 2.75) is 91.0 Å². The third-order valence-electron chi connectivity index (χ3n) is 19.2. The fraction of sp³-hybridized carbons (Fsp3) is 0.211. The number of fused-ring (bicyclic) bond motifs is 7. The smallest absolute Gasteiger partial charge is 0.252 e. The maximum atomic E-state index is 2.84. The van der Waals surface area contributed by atoms with Crippen LogP contribution < -0.4 is 31.1 Å². The third-order valence-corrected chi connectivity index (χ3v) is 19.2. The van der Waals surface area contributed by atoms with Gasteiger partial charge in [0.1, 0.15) is 0 Å². The molecule has 4 heteroatoms. The Kier molecular flexibility index (Phi) is 11.6. The quantitative estimate of drug-likeness (QED) is 0.147. The topological polar surface area (TPSA) is 9.72 Å². The van der Waals surface area contributed by atoms with Gasteiger partial charge in [0, 0.05) is 50.9 Å². The minimum absolute atomic E-state index is 0.000124. The van der Waals surface area contributed by atoms with E-state index in [4.69, 9.17) is 0 Å². The summed E-state index contributed by atoms with van der Waals surface area (Å²) in [6.07, 6.45) is 3.39. The van der Waals surface area contributed by atoms with Gasteiger partial charge in [-0.3, -0.25) is 0 Å². The third kappa shape index (κ3) is 8.00. The molecule has 0 amide bonds. The summed E-state index contributed by atoms with van der Waals surface area (Å²) < 4.78 is 0. The molecule has 1 aliphatic carbocycles. The van der Waals surface area contributed by atoms with Crippen molar-refractivity contribution in [3.05, 3.63) is 248 Å². The molecule has 3 nitrogen and oxygen atoms in total. The number of nitrogens with zero attached hydrogens (tertiary/aromatic N) is 3. The van der Waals surface area contributed by atoms with Gasteiger partial charge in [-0.2, -0.15) is 0 Å². The Morgan fingerprint density at radius 1 is 0.400 bits per heavy atom. The van der Waals surface area contributed by atoms with E-state index in [1.54, 1.807) is 0 Å². The van der Waals surface area contributed by atoms with E-state index in [1.165, 1.54) is 113 Å². The number of anilines is 8. The van der Waals surface area contributed by atoms with E-state index in [2.05, 4.69) is 307 Å². The Bertz CT molecular complexity index is 3810. The SMILES string of the molecule is CC(C)(C)c1ccc2c(c1)C1(C)CC(C(C)(C)C)CCC1(C)N2c1cc2c3c(c1)N(c1cccc(-c4ccccc4)c1)c1cc(-c4ccccc4)ccc1B3c1ccc(-c3ccccc3)cc1N2c1cccc(-c2ccccc2)c1. The predicted octanol–water partition coefficient (Wildman–Crippen LogP) is 18.7. The van der Waals surface area contributed by atoms with Gasteiger partial charge in [0.15, 0.2) is 0 Å². The summed E-state index contributed by atoms with van der Waals surface area (Å²) >= 11 is 0. The zero-order valence-electron chi connectivity index (χ0n) is 47.6. The van der Waals surface area contributed by atoms with E-state index in [0.717, 1.165) is 24.2 Å². The van der Waals surface area contributed by atoms with Crippen LogP contribution in [-0.2, 0) is 10.8 Å². The summed E-state index contributed by atoms with van der Waals surface area (Å²) in [5.74, 6) is 0.586. The molecule has 1 fully saturated rings. The summed E-state index contributed by atoms with van der Waals surface area (Å²) in [7, 11) is 0. The van der Waals surface area contributed by atoms with Gasteiger partial charge < -0.3 is 14.7 Å². The molecule has 0 aromatic heterocycles. The molecule has 14 rings (SSSR count). The van der Waals surface area contributed by atoms with Gasteiger partial charge in [-0.15, -0.1) is 0 Å². The van der Waals surface area contributed by atoms with Crippen LogP contribution in [0, 0.1) is 11.3 Å². The summed E-state index contributed by atoms with van der Waals surface area (Å²) in [5.41, 5.74) is 25.9. The second-order valence-electron chi connectivity index (χ2n) is 25.8. The lowest BCUT2D eigenvalue weighted by Crippen LogP contribution is -2.61. The van der Waals surface area contributed by atoms with E-state index < -0.39 is 0 Å². The lowest BCUT2D eigenvalue weighted by molar-refractivity contribution is 0.0786. The molecule has 0 spiro atoms. The molecule has 3 unspecified atom stereocenters. The second kappa shape index (κ2) is 18.6. The summed E-state index contributed by atoms with van der Waals surface area (Å²) in [6.45, 7) is 19.7. The van der Waals surface area contributed by atoms with Crippen LogP contribution in [0.5, 0.6) is 0 Å². The molecule has 0 N–H and O–H groups in total. The Morgan fingerprint density at radius 3 is 1.27 bits per heavy atom. The van der Waals surface area contributed by atoms with Crippen molar-refractivity contribution < 1.29 is 0 Å². The molecule has 392 valence electrons. The average Bonchev–Trinajstić information content (AvgIpc) is 3.86. The van der Waals surface area contributed by atoms with Gasteiger partial charge in [-0.05, 0) is 170 Å². The van der Waals surface area contributed by atoms with Gasteiger partial charge in [0.05, 0.1) is 5.54 Å². The van der Waals surface area contributed by atoms with Gasteiger partial charge in [0.2, 0.25) is 0 Å². The zero-order valence-corrected chi connectivity index (χ0v) is 47.6. The first-order valence-corrected chi connectivity index (χ1v) is 29.1. The molecule has 10 aromatic carbocycles. The van der Waals surface area contributed by atoms with Crippen molar-refractivity contribution in [2.24, 2.45) is 11.3 Å². The molecule has 0 bridgehead atoms. The Hall–Kier alpha value is -8.34. The molecule has 3 aliphatic heterocycles. The van der Waals surface area contributed by atoms with Crippen molar-refractivity contribution in [1.29, 1.82) is 0 Å². The van der Waals surface area contributed by atoms with E-state index >= 15 is 0 Å². The zero-order chi connectivity index (χ0) is 54.7. The van der Waals surface area contributed by atoms with Crippen LogP contribution in [0.2, 0.25) is 0 Å². The van der Waals surface area contributed by atoms with Crippen LogP contribution in [0.1, 0.15) is 85.8 Å². The maximum absolute atomic E-state index is 2.84. The number of hydrogen-bond donors (Lipinski definition) is 0. The van der Waals surface area contributed by atoms with Crippen molar-refractivity contribution in [3.63, 3.8) is 0 Å². The standard InChI is InChI=1S/C76H70BN3/c1-73(2,3)59-37-40-67-64(47-59)75(7)50-60(74(4,5)6)41-42-76(75,8)80(67)63-48-70-72-71(49-63)79(62-34-22-32-56(44-62)52-25-15-10-16-26-52)69-46-58(54-29-19-12-20-30-54)36-39-66(69)77(72)65-38-35-57(53-27-17-11-18-28-53)45-68(65)78(70)61-33-21-31-55(43-61)51-23-13-9-14-24-51/h9-40,43-49,60H,41-42,50H2,1-8H3. The highest BCUT2D eigenvalue weighted by Gasteiger charge is 2.61. The molecule has 4 aliphatic rings. The van der Waals surface area contributed by atoms with Gasteiger partial charge in [-0.1, -0.05) is 230 Å². The normalized spacial score (nSPS) is 19.0. The number of hydrogen-bond acceptors (Lipinski definition) is 3. The van der Waals surface area contributed by atoms with Gasteiger partial charge >= 0.3 is 0 Å². The van der Waals surface area contributed by atoms with Crippen LogP contribution in [0.25, 0.3) is 44.5 Å². The van der Waals surface area contributed by atoms with Crippen molar-refractivity contribution in [2.75, 3.05) is 14.7 Å². The molecular weight excluding hydrogens is 966 g/mol. The lowest BCUT2D eigenvalue weighted by atomic mass is 9.33. The van der Waals surface area contributed by atoms with E-state index in [1.807, 2.05) is 0 Å². The van der Waals surface area contributed by atoms with Crippen LogP contribution in [0.15, 0.2) is 237 Å². The largest absolute Gasteiger partial charge is 0.334 e. The molecule has 0 saturated heterocycles. The van der Waals surface area contributed by atoms with Crippen LogP contribution in [0.4, 0.5) is 45.5 Å². The monoisotopic (exact) mass is 1040 g/mol. The van der Waals surface area contributed by atoms with Gasteiger partial charge in [-0.25, -0.2) is 0 Å². The molecule has 3 atom stereocenters. The van der Waals surface area contributed by atoms with Crippen LogP contribution in [0.3, 0.4) is 0 Å². The Morgan fingerprint density at radius 2 is 0.838 bits per heavy atom. The van der Waals surface area contributed by atoms with Crippen LogP contribution in [-0.4, -0.2) is 12.3 Å². The van der Waals surface area contributed by atoms with Crippen LogP contribution >= 0.6 is 0 Å². The van der Waals surface area contributed by atoms with E-state index in [9.17, 15) is 0 Å². The highest BCUT2D eigenvalue weighted by molar-refractivity contribution is 7.00. The first kappa shape index (κ1) is 49.9. The second-order valence-corrected chi connectivity index (χ2v) is 25.8. The van der Waals surface area contributed by atoms with E-state index in [0.29, 0.717) is 5.92 Å². The fourth-order valence-electron chi connectivity index (χ4n) is 14.6. The van der Waals surface area contributed by atoms with Crippen molar-refractivity contribution >= 4 is 68.6 Å². The molecule has 10 aromatic rings. The Labute approximate surface area is 475 Å². The van der Waals surface area contributed by atoms with E-state index in [-0.39, 0.29) is 28.5 Å². The number of rotatable bonds is 7. The Balaban J connectivity index is 1.10. The summed E-state index contributed by atoms with van der Waals surface area (Å²) in [5, 5.41) is 0. The van der Waals surface area contributed by atoms with Crippen molar-refractivity contribution in [3.8, 4) is 44.5 Å². The summed E-state index contributed by atoms with van der Waals surface area (Å²) in [6, 6.07) is 89.5. The van der Waals surface area contributed by atoms with Gasteiger partial charge in [0.25, 0.3) is 6.71 Å². The average molecular weight is 1040 g/mol. The fourth-order valence-corrected chi connectivity index (χ4v) is 14.6. The maximum Gasteiger partial charge on any atom is 0.252 e. The molecule has 3 heterocycles. The number of benzene rings is 10. The van der Waals surface area contributed by atoms with Crippen molar-refractivity contribution in [1.82, 2.24) is 0 Å². The molecule has 80 heavy (non-hydrogen) atoms. The molecule has 0 radical (unpaired) electrons.